The van der Waals surface area contributed by atoms with Gasteiger partial charge < -0.3 is 19.8 Å². The summed E-state index contributed by atoms with van der Waals surface area (Å²) in [5, 5.41) is 17.0. The zero-order chi connectivity index (χ0) is 29.3. The standard InChI is InChI=1S/C32H43N5O2Si/c1-21(2)38-18-23-11-10-22(3)28(14-23)37-30-34-13-12-27(36-30)24-15-25(17-33)29-26(16-24)32(7,19-35-29)20-39-40(8,9)31(4,5)6/h10-16,21,35H,18-20H2,1-9H3,(H,34,36,37)/t32-/m1/s1. The summed E-state index contributed by atoms with van der Waals surface area (Å²) in [7, 11) is -1.93. The molecule has 1 aliphatic rings. The van der Waals surface area contributed by atoms with Crippen molar-refractivity contribution in [2.45, 2.75) is 84.7 Å². The number of anilines is 3. The highest BCUT2D eigenvalue weighted by Gasteiger charge is 2.42. The molecule has 4 rings (SSSR count). The van der Waals surface area contributed by atoms with Crippen molar-refractivity contribution in [1.82, 2.24) is 9.97 Å². The first-order valence-corrected chi connectivity index (χ1v) is 16.9. The van der Waals surface area contributed by atoms with Crippen LogP contribution in [0.2, 0.25) is 18.1 Å². The van der Waals surface area contributed by atoms with Crippen molar-refractivity contribution in [2.24, 2.45) is 0 Å². The van der Waals surface area contributed by atoms with Crippen LogP contribution in [0.5, 0.6) is 0 Å². The molecule has 0 saturated carbocycles. The lowest BCUT2D eigenvalue weighted by Crippen LogP contribution is -2.45. The second-order valence-corrected chi connectivity index (χ2v) is 17.7. The molecule has 3 aromatic rings. The minimum atomic E-state index is -1.93. The molecule has 2 heterocycles. The van der Waals surface area contributed by atoms with E-state index in [0.717, 1.165) is 45.9 Å². The molecular weight excluding hydrogens is 514 g/mol. The highest BCUT2D eigenvalue weighted by Crippen LogP contribution is 2.44. The Kier molecular flexibility index (Phi) is 8.41. The lowest BCUT2D eigenvalue weighted by Gasteiger charge is -2.39. The van der Waals surface area contributed by atoms with E-state index in [2.05, 4.69) is 93.7 Å². The van der Waals surface area contributed by atoms with Crippen LogP contribution in [-0.4, -0.2) is 37.5 Å². The molecular formula is C32H43N5O2Si. The predicted molar refractivity (Wildman–Crippen MR) is 166 cm³/mol. The van der Waals surface area contributed by atoms with E-state index in [1.54, 1.807) is 6.20 Å². The zero-order valence-corrected chi connectivity index (χ0v) is 26.4. The number of nitrogens with zero attached hydrogens (tertiary/aromatic N) is 3. The number of nitriles is 1. The number of aryl methyl sites for hydroxylation is 1. The van der Waals surface area contributed by atoms with Crippen LogP contribution < -0.4 is 10.6 Å². The van der Waals surface area contributed by atoms with E-state index in [-0.39, 0.29) is 16.6 Å². The molecule has 0 bridgehead atoms. The molecule has 0 amide bonds. The molecule has 1 atom stereocenters. The summed E-state index contributed by atoms with van der Waals surface area (Å²) < 4.78 is 12.4. The number of aromatic nitrogens is 2. The van der Waals surface area contributed by atoms with Gasteiger partial charge in [0.15, 0.2) is 8.32 Å². The van der Waals surface area contributed by atoms with Gasteiger partial charge >= 0.3 is 0 Å². The first-order valence-electron chi connectivity index (χ1n) is 14.0. The van der Waals surface area contributed by atoms with Crippen molar-refractivity contribution in [1.29, 1.82) is 5.26 Å². The Morgan fingerprint density at radius 2 is 1.93 bits per heavy atom. The molecule has 7 nitrogen and oxygen atoms in total. The van der Waals surface area contributed by atoms with E-state index in [1.165, 1.54) is 0 Å². The van der Waals surface area contributed by atoms with Crippen LogP contribution in [0, 0.1) is 18.3 Å². The van der Waals surface area contributed by atoms with Crippen molar-refractivity contribution < 1.29 is 9.16 Å². The van der Waals surface area contributed by atoms with Gasteiger partial charge in [-0.2, -0.15) is 5.26 Å². The first-order chi connectivity index (χ1) is 18.7. The average Bonchev–Trinajstić information content (AvgIpc) is 3.24. The van der Waals surface area contributed by atoms with E-state index in [9.17, 15) is 5.26 Å². The molecule has 2 aromatic carbocycles. The van der Waals surface area contributed by atoms with E-state index in [0.29, 0.717) is 24.7 Å². The third-order valence-corrected chi connectivity index (χ3v) is 12.7. The van der Waals surface area contributed by atoms with E-state index >= 15 is 0 Å². The Bertz CT molecular complexity index is 1420. The number of hydrogen-bond acceptors (Lipinski definition) is 7. The fourth-order valence-corrected chi connectivity index (χ4v) is 5.58. The molecule has 40 heavy (non-hydrogen) atoms. The number of hydrogen-bond donors (Lipinski definition) is 2. The first kappa shape index (κ1) is 29.7. The zero-order valence-electron chi connectivity index (χ0n) is 25.4. The van der Waals surface area contributed by atoms with Crippen LogP contribution in [0.4, 0.5) is 17.3 Å². The number of nitrogens with one attached hydrogen (secondary N) is 2. The van der Waals surface area contributed by atoms with Gasteiger partial charge in [0.1, 0.15) is 6.07 Å². The fourth-order valence-electron chi connectivity index (χ4n) is 4.46. The van der Waals surface area contributed by atoms with Crippen molar-refractivity contribution >= 4 is 25.6 Å². The van der Waals surface area contributed by atoms with Crippen LogP contribution in [-0.2, 0) is 21.2 Å². The van der Waals surface area contributed by atoms with E-state index in [1.807, 2.05) is 26.0 Å². The summed E-state index contributed by atoms with van der Waals surface area (Å²) in [4.78, 5) is 9.32. The van der Waals surface area contributed by atoms with Crippen LogP contribution in [0.15, 0.2) is 42.6 Å². The van der Waals surface area contributed by atoms with Gasteiger partial charge in [-0.1, -0.05) is 39.8 Å². The SMILES string of the molecule is Cc1ccc(COC(C)C)cc1Nc1nccc(-c2cc(C#N)c3c(c2)[C@@](C)(CO[Si](C)(C)C(C)(C)C)CN3)n1. The van der Waals surface area contributed by atoms with Gasteiger partial charge in [0.05, 0.1) is 29.7 Å². The Morgan fingerprint density at radius 3 is 2.60 bits per heavy atom. The molecule has 0 aliphatic carbocycles. The Labute approximate surface area is 240 Å². The van der Waals surface area contributed by atoms with Gasteiger partial charge in [-0.05, 0) is 79.9 Å². The second kappa shape index (κ2) is 11.3. The lowest BCUT2D eigenvalue weighted by atomic mass is 9.83. The Hall–Kier alpha value is -3.25. The summed E-state index contributed by atoms with van der Waals surface area (Å²) in [5.41, 5.74) is 7.12. The normalized spacial score (nSPS) is 16.9. The highest BCUT2D eigenvalue weighted by atomic mass is 28.4. The van der Waals surface area contributed by atoms with Crippen molar-refractivity contribution in [2.75, 3.05) is 23.8 Å². The van der Waals surface area contributed by atoms with Crippen molar-refractivity contribution in [3.05, 3.63) is 64.8 Å². The largest absolute Gasteiger partial charge is 0.416 e. The van der Waals surface area contributed by atoms with Gasteiger partial charge in [-0.25, -0.2) is 9.97 Å². The minimum Gasteiger partial charge on any atom is -0.416 e. The lowest BCUT2D eigenvalue weighted by molar-refractivity contribution is 0.0657. The third kappa shape index (κ3) is 6.38. The molecule has 0 saturated heterocycles. The van der Waals surface area contributed by atoms with Crippen LogP contribution in [0.25, 0.3) is 11.3 Å². The summed E-state index contributed by atoms with van der Waals surface area (Å²) >= 11 is 0. The summed E-state index contributed by atoms with van der Waals surface area (Å²) in [6.07, 6.45) is 1.92. The molecule has 212 valence electrons. The quantitative estimate of drug-likeness (QED) is 0.260. The minimum absolute atomic E-state index is 0.127. The maximum Gasteiger partial charge on any atom is 0.227 e. The van der Waals surface area contributed by atoms with Gasteiger partial charge in [0, 0.05) is 36.0 Å². The Morgan fingerprint density at radius 1 is 1.18 bits per heavy atom. The van der Waals surface area contributed by atoms with Crippen LogP contribution in [0.1, 0.15) is 63.8 Å². The highest BCUT2D eigenvalue weighted by molar-refractivity contribution is 6.74. The van der Waals surface area contributed by atoms with E-state index < -0.39 is 8.32 Å². The molecule has 0 fully saturated rings. The monoisotopic (exact) mass is 557 g/mol. The molecule has 2 N–H and O–H groups in total. The summed E-state index contributed by atoms with van der Waals surface area (Å²) in [6.45, 7) is 21.5. The maximum atomic E-state index is 10.0. The van der Waals surface area contributed by atoms with Gasteiger partial charge in [-0.15, -0.1) is 0 Å². The van der Waals surface area contributed by atoms with Gasteiger partial charge in [0.2, 0.25) is 5.95 Å². The topological polar surface area (TPSA) is 92.1 Å². The van der Waals surface area contributed by atoms with Crippen LogP contribution in [0.3, 0.4) is 0 Å². The maximum absolute atomic E-state index is 10.0. The average molecular weight is 558 g/mol. The Balaban J connectivity index is 1.64. The van der Waals surface area contributed by atoms with Gasteiger partial charge in [-0.3, -0.25) is 0 Å². The predicted octanol–water partition coefficient (Wildman–Crippen LogP) is 7.70. The fraction of sp³-hybridized carbons (Fsp3) is 0.469. The second-order valence-electron chi connectivity index (χ2n) is 12.9. The molecule has 1 aromatic heterocycles. The number of ether oxygens (including phenoxy) is 1. The van der Waals surface area contributed by atoms with Crippen LogP contribution >= 0.6 is 0 Å². The number of benzene rings is 2. The molecule has 0 radical (unpaired) electrons. The third-order valence-electron chi connectivity index (χ3n) is 8.21. The van der Waals surface area contributed by atoms with Crippen molar-refractivity contribution in [3.63, 3.8) is 0 Å². The molecule has 0 spiro atoms. The number of fused-ring (bicyclic) bond motifs is 1. The smallest absolute Gasteiger partial charge is 0.227 e. The number of rotatable bonds is 9. The molecule has 0 unspecified atom stereocenters. The van der Waals surface area contributed by atoms with E-state index in [4.69, 9.17) is 14.1 Å². The molecule has 8 heteroatoms. The summed E-state index contributed by atoms with van der Waals surface area (Å²) in [6, 6.07) is 14.6. The summed E-state index contributed by atoms with van der Waals surface area (Å²) in [5.74, 6) is 0.503. The van der Waals surface area contributed by atoms with Crippen molar-refractivity contribution in [3.8, 4) is 17.3 Å². The molecule has 1 aliphatic heterocycles. The van der Waals surface area contributed by atoms with Gasteiger partial charge in [0.25, 0.3) is 0 Å².